The Morgan fingerprint density at radius 3 is 2.73 bits per heavy atom. The third kappa shape index (κ3) is 3.34. The fourth-order valence-electron chi connectivity index (χ4n) is 4.65. The van der Waals surface area contributed by atoms with Gasteiger partial charge in [-0.1, -0.05) is 29.3 Å². The normalized spacial score (nSPS) is 21.1. The van der Waals surface area contributed by atoms with E-state index in [4.69, 9.17) is 37.9 Å². The van der Waals surface area contributed by atoms with Gasteiger partial charge in [-0.2, -0.15) is 5.10 Å². The van der Waals surface area contributed by atoms with Gasteiger partial charge in [0.15, 0.2) is 11.5 Å². The van der Waals surface area contributed by atoms with E-state index >= 15 is 0 Å². The molecule has 1 spiro atoms. The summed E-state index contributed by atoms with van der Waals surface area (Å²) in [7, 11) is 0. The number of fused-ring (bicyclic) bond motifs is 1. The maximum absolute atomic E-state index is 10.0. The molecule has 2 aliphatic heterocycles. The lowest BCUT2D eigenvalue weighted by molar-refractivity contribution is 0.0975. The molecule has 2 aliphatic rings. The molecule has 3 aromatic rings. The number of halogens is 2. The van der Waals surface area contributed by atoms with Crippen LogP contribution in [0.2, 0.25) is 10.0 Å². The molecule has 1 N–H and O–H groups in total. The first-order valence-electron chi connectivity index (χ1n) is 10.2. The summed E-state index contributed by atoms with van der Waals surface area (Å²) in [5, 5.41) is 15.3. The van der Waals surface area contributed by atoms with Crippen molar-refractivity contribution in [3.63, 3.8) is 0 Å². The van der Waals surface area contributed by atoms with Crippen LogP contribution in [-0.2, 0) is 11.3 Å². The average molecular weight is 448 g/mol. The predicted molar refractivity (Wildman–Crippen MR) is 117 cm³/mol. The van der Waals surface area contributed by atoms with E-state index < -0.39 is 0 Å². The van der Waals surface area contributed by atoms with Crippen LogP contribution in [0.25, 0.3) is 16.9 Å². The molecular formula is C21H23Cl2N5O2. The first-order valence-corrected chi connectivity index (χ1v) is 10.9. The number of anilines is 1. The van der Waals surface area contributed by atoms with Crippen LogP contribution in [0.1, 0.15) is 31.9 Å². The zero-order valence-electron chi connectivity index (χ0n) is 16.7. The SMILES string of the molecule is C[C@H]1CC2(CCN(c3nc4cnn(-c5cccc(Cl)c5Cl)c4nc3CO)CC2)CO1. The Hall–Kier alpha value is -1.93. The van der Waals surface area contributed by atoms with E-state index in [9.17, 15) is 5.11 Å². The zero-order valence-corrected chi connectivity index (χ0v) is 18.2. The number of nitrogens with zero attached hydrogens (tertiary/aromatic N) is 5. The number of ether oxygens (including phenoxy) is 1. The van der Waals surface area contributed by atoms with Crippen LogP contribution >= 0.6 is 23.2 Å². The summed E-state index contributed by atoms with van der Waals surface area (Å²) in [6.45, 7) is 4.53. The monoisotopic (exact) mass is 447 g/mol. The van der Waals surface area contributed by atoms with E-state index in [0.29, 0.717) is 38.7 Å². The lowest BCUT2D eigenvalue weighted by Gasteiger charge is -2.39. The van der Waals surface area contributed by atoms with Gasteiger partial charge in [-0.25, -0.2) is 14.6 Å². The summed E-state index contributed by atoms with van der Waals surface area (Å²) >= 11 is 12.5. The average Bonchev–Trinajstić information content (AvgIpc) is 3.33. The minimum atomic E-state index is -0.200. The van der Waals surface area contributed by atoms with Gasteiger partial charge in [0.2, 0.25) is 0 Å². The number of hydrogen-bond acceptors (Lipinski definition) is 6. The number of rotatable bonds is 3. The van der Waals surface area contributed by atoms with E-state index in [2.05, 4.69) is 16.9 Å². The second-order valence-corrected chi connectivity index (χ2v) is 9.09. The molecule has 0 radical (unpaired) electrons. The van der Waals surface area contributed by atoms with Gasteiger partial charge in [0, 0.05) is 13.1 Å². The lowest BCUT2D eigenvalue weighted by Crippen LogP contribution is -2.41. The lowest BCUT2D eigenvalue weighted by atomic mass is 9.77. The summed E-state index contributed by atoms with van der Waals surface area (Å²) < 4.78 is 7.45. The van der Waals surface area contributed by atoms with Crippen molar-refractivity contribution < 1.29 is 9.84 Å². The molecule has 0 bridgehead atoms. The highest BCUT2D eigenvalue weighted by Gasteiger charge is 2.41. The van der Waals surface area contributed by atoms with Crippen molar-refractivity contribution in [1.29, 1.82) is 0 Å². The molecule has 1 atom stereocenters. The van der Waals surface area contributed by atoms with Crippen LogP contribution in [-0.4, -0.2) is 50.7 Å². The number of aromatic nitrogens is 4. The molecule has 0 amide bonds. The second kappa shape index (κ2) is 7.64. The van der Waals surface area contributed by atoms with E-state index in [0.717, 1.165) is 44.8 Å². The minimum absolute atomic E-state index is 0.200. The molecule has 2 saturated heterocycles. The number of aliphatic hydroxyl groups excluding tert-OH is 1. The molecule has 4 heterocycles. The van der Waals surface area contributed by atoms with Gasteiger partial charge in [0.05, 0.1) is 41.2 Å². The van der Waals surface area contributed by atoms with Crippen LogP contribution in [0.5, 0.6) is 0 Å². The van der Waals surface area contributed by atoms with Gasteiger partial charge in [-0.15, -0.1) is 0 Å². The van der Waals surface area contributed by atoms with E-state index in [1.807, 2.05) is 12.1 Å². The molecule has 2 fully saturated rings. The van der Waals surface area contributed by atoms with Gasteiger partial charge in [-0.05, 0) is 43.7 Å². The number of piperidine rings is 1. The Kier molecular flexibility index (Phi) is 5.09. The Labute approximate surface area is 184 Å². The molecule has 2 aromatic heterocycles. The van der Waals surface area contributed by atoms with Crippen molar-refractivity contribution in [2.75, 3.05) is 24.6 Å². The van der Waals surface area contributed by atoms with Crippen molar-refractivity contribution >= 4 is 40.2 Å². The van der Waals surface area contributed by atoms with Gasteiger partial charge in [0.25, 0.3) is 0 Å². The molecular weight excluding hydrogens is 425 g/mol. The van der Waals surface area contributed by atoms with Crippen LogP contribution in [0.4, 0.5) is 5.82 Å². The van der Waals surface area contributed by atoms with Crippen molar-refractivity contribution in [3.8, 4) is 5.69 Å². The molecule has 30 heavy (non-hydrogen) atoms. The van der Waals surface area contributed by atoms with Crippen molar-refractivity contribution in [2.24, 2.45) is 5.41 Å². The Balaban J connectivity index is 1.48. The quantitative estimate of drug-likeness (QED) is 0.653. The van der Waals surface area contributed by atoms with Crippen LogP contribution in [0, 0.1) is 5.41 Å². The van der Waals surface area contributed by atoms with Crippen molar-refractivity contribution in [1.82, 2.24) is 19.7 Å². The van der Waals surface area contributed by atoms with Gasteiger partial charge >= 0.3 is 0 Å². The molecule has 0 unspecified atom stereocenters. The molecule has 0 aliphatic carbocycles. The summed E-state index contributed by atoms with van der Waals surface area (Å²) in [5.41, 5.74) is 2.63. The minimum Gasteiger partial charge on any atom is -0.390 e. The highest BCUT2D eigenvalue weighted by atomic mass is 35.5. The largest absolute Gasteiger partial charge is 0.390 e. The molecule has 158 valence electrons. The molecule has 1 aromatic carbocycles. The van der Waals surface area contributed by atoms with Crippen molar-refractivity contribution in [3.05, 3.63) is 40.1 Å². The topological polar surface area (TPSA) is 76.3 Å². The van der Waals surface area contributed by atoms with Gasteiger partial charge in [0.1, 0.15) is 11.2 Å². The Morgan fingerprint density at radius 1 is 1.23 bits per heavy atom. The van der Waals surface area contributed by atoms with Crippen LogP contribution in [0.15, 0.2) is 24.4 Å². The Morgan fingerprint density at radius 2 is 2.03 bits per heavy atom. The Bertz CT molecular complexity index is 1090. The fraction of sp³-hybridized carbons (Fsp3) is 0.476. The van der Waals surface area contributed by atoms with Gasteiger partial charge in [-0.3, -0.25) is 0 Å². The van der Waals surface area contributed by atoms with Crippen LogP contribution < -0.4 is 4.90 Å². The highest BCUT2D eigenvalue weighted by Crippen LogP contribution is 2.42. The third-order valence-electron chi connectivity index (χ3n) is 6.28. The van der Waals surface area contributed by atoms with E-state index in [-0.39, 0.29) is 12.0 Å². The summed E-state index contributed by atoms with van der Waals surface area (Å²) in [6, 6.07) is 5.36. The molecule has 0 saturated carbocycles. The summed E-state index contributed by atoms with van der Waals surface area (Å²) in [6.07, 6.45) is 5.23. The first-order chi connectivity index (χ1) is 14.5. The molecule has 7 nitrogen and oxygen atoms in total. The number of benzene rings is 1. The molecule has 9 heteroatoms. The highest BCUT2D eigenvalue weighted by molar-refractivity contribution is 6.43. The predicted octanol–water partition coefficient (Wildman–Crippen LogP) is 4.01. The number of aliphatic hydroxyl groups is 1. The first kappa shape index (κ1) is 20.0. The summed E-state index contributed by atoms with van der Waals surface area (Å²) in [5.74, 6) is 0.726. The van der Waals surface area contributed by atoms with E-state index in [1.165, 1.54) is 0 Å². The summed E-state index contributed by atoms with van der Waals surface area (Å²) in [4.78, 5) is 11.7. The smallest absolute Gasteiger partial charge is 0.182 e. The number of hydrogen-bond donors (Lipinski definition) is 1. The van der Waals surface area contributed by atoms with E-state index in [1.54, 1.807) is 16.9 Å². The van der Waals surface area contributed by atoms with Crippen molar-refractivity contribution in [2.45, 2.75) is 38.9 Å². The third-order valence-corrected chi connectivity index (χ3v) is 7.09. The van der Waals surface area contributed by atoms with Crippen LogP contribution in [0.3, 0.4) is 0 Å². The molecule has 5 rings (SSSR count). The zero-order chi connectivity index (χ0) is 20.9. The second-order valence-electron chi connectivity index (χ2n) is 8.30. The fourth-order valence-corrected chi connectivity index (χ4v) is 5.03. The van der Waals surface area contributed by atoms with Gasteiger partial charge < -0.3 is 14.7 Å². The standard InChI is InChI=1S/C21H23Cl2N5O2/c1-13-9-21(12-30-13)5-7-27(8-6-21)19-16(11-29)26-20-15(25-19)10-24-28(20)17-4-2-3-14(22)18(17)23/h2-4,10,13,29H,5-9,11-12H2,1H3/t13-/m0/s1. The maximum Gasteiger partial charge on any atom is 0.182 e. The maximum atomic E-state index is 10.0.